The fourth-order valence-electron chi connectivity index (χ4n) is 2.04. The van der Waals surface area contributed by atoms with E-state index in [0.29, 0.717) is 11.8 Å². The summed E-state index contributed by atoms with van der Waals surface area (Å²) in [5, 5.41) is 11.5. The highest BCUT2D eigenvalue weighted by molar-refractivity contribution is 6.15. The molecule has 0 aliphatic rings. The molecule has 0 aliphatic heterocycles. The third-order valence-corrected chi connectivity index (χ3v) is 3.09. The zero-order valence-electron chi connectivity index (χ0n) is 12.1. The molecule has 4 nitrogen and oxygen atoms in total. The second-order valence-electron chi connectivity index (χ2n) is 4.94. The van der Waals surface area contributed by atoms with E-state index in [-0.39, 0.29) is 5.56 Å². The number of carbonyl (C=O) groups excluding carboxylic acids is 2. The van der Waals surface area contributed by atoms with Gasteiger partial charge in [-0.2, -0.15) is 5.26 Å². The van der Waals surface area contributed by atoms with Crippen molar-refractivity contribution < 1.29 is 18.4 Å². The van der Waals surface area contributed by atoms with Gasteiger partial charge in [0.25, 0.3) is 0 Å². The summed E-state index contributed by atoms with van der Waals surface area (Å²) in [6.45, 7) is 1.82. The molecule has 0 bridgehead atoms. The zero-order chi connectivity index (χ0) is 17.0. The Hall–Kier alpha value is -3.07. The molecule has 0 unspecified atom stereocenters. The van der Waals surface area contributed by atoms with Gasteiger partial charge in [-0.25, -0.2) is 8.78 Å². The average Bonchev–Trinajstić information content (AvgIpc) is 2.46. The van der Waals surface area contributed by atoms with E-state index in [1.54, 1.807) is 24.3 Å². The number of nitrogens with zero attached hydrogens (tertiary/aromatic N) is 1. The Kier molecular flexibility index (Phi) is 4.82. The number of aryl methyl sites for hydroxylation is 1. The number of nitriles is 1. The molecular weight excluding hydrogens is 302 g/mol. The SMILES string of the molecule is Cc1cccc(NC(=O)[C@@H](C#N)C(=O)c2cc(F)cc(F)c2)c1. The van der Waals surface area contributed by atoms with Crippen LogP contribution in [0, 0.1) is 35.8 Å². The van der Waals surface area contributed by atoms with Crippen LogP contribution in [0.4, 0.5) is 14.5 Å². The first kappa shape index (κ1) is 16.3. The number of nitrogens with one attached hydrogen (secondary N) is 1. The fourth-order valence-corrected chi connectivity index (χ4v) is 2.04. The predicted molar refractivity (Wildman–Crippen MR) is 79.6 cm³/mol. The molecule has 6 heteroatoms. The van der Waals surface area contributed by atoms with Gasteiger partial charge >= 0.3 is 0 Å². The topological polar surface area (TPSA) is 70.0 Å². The first-order valence-electron chi connectivity index (χ1n) is 6.68. The molecule has 1 amide bonds. The van der Waals surface area contributed by atoms with Crippen LogP contribution in [0.25, 0.3) is 0 Å². The van der Waals surface area contributed by atoms with E-state index >= 15 is 0 Å². The van der Waals surface area contributed by atoms with Crippen LogP contribution in [-0.4, -0.2) is 11.7 Å². The van der Waals surface area contributed by atoms with E-state index in [1.807, 2.05) is 13.0 Å². The van der Waals surface area contributed by atoms with Crippen molar-refractivity contribution in [1.82, 2.24) is 0 Å². The van der Waals surface area contributed by atoms with Gasteiger partial charge in [-0.15, -0.1) is 0 Å². The molecule has 1 atom stereocenters. The standard InChI is InChI=1S/C17H12F2N2O2/c1-10-3-2-4-14(5-10)21-17(23)15(9-20)16(22)11-6-12(18)8-13(19)7-11/h2-8,15H,1H3,(H,21,23)/t15-/m0/s1. The van der Waals surface area contributed by atoms with Gasteiger partial charge in [-0.05, 0) is 36.8 Å². The summed E-state index contributed by atoms with van der Waals surface area (Å²) in [4.78, 5) is 24.3. The Morgan fingerprint density at radius 3 is 2.35 bits per heavy atom. The van der Waals surface area contributed by atoms with E-state index in [4.69, 9.17) is 5.26 Å². The average molecular weight is 314 g/mol. The van der Waals surface area contributed by atoms with Crippen molar-refractivity contribution >= 4 is 17.4 Å². The lowest BCUT2D eigenvalue weighted by atomic mass is 9.97. The summed E-state index contributed by atoms with van der Waals surface area (Å²) in [7, 11) is 0. The van der Waals surface area contributed by atoms with Gasteiger partial charge in [0.1, 0.15) is 11.6 Å². The number of halogens is 2. The highest BCUT2D eigenvalue weighted by atomic mass is 19.1. The lowest BCUT2D eigenvalue weighted by molar-refractivity contribution is -0.117. The molecule has 2 rings (SSSR count). The normalized spacial score (nSPS) is 11.4. The van der Waals surface area contributed by atoms with Gasteiger partial charge in [-0.1, -0.05) is 12.1 Å². The van der Waals surface area contributed by atoms with Gasteiger partial charge in [0.15, 0.2) is 11.7 Å². The molecule has 2 aromatic carbocycles. The molecule has 1 N–H and O–H groups in total. The molecule has 0 fully saturated rings. The Balaban J connectivity index is 2.23. The maximum Gasteiger partial charge on any atom is 0.249 e. The fraction of sp³-hybridized carbons (Fsp3) is 0.118. The zero-order valence-corrected chi connectivity index (χ0v) is 12.1. The van der Waals surface area contributed by atoms with Gasteiger partial charge < -0.3 is 5.32 Å². The first-order valence-corrected chi connectivity index (χ1v) is 6.68. The molecule has 0 radical (unpaired) electrons. The summed E-state index contributed by atoms with van der Waals surface area (Å²) in [6.07, 6.45) is 0. The van der Waals surface area contributed by atoms with Crippen molar-refractivity contribution in [1.29, 1.82) is 5.26 Å². The van der Waals surface area contributed by atoms with Crippen LogP contribution in [0.3, 0.4) is 0 Å². The van der Waals surface area contributed by atoms with Gasteiger partial charge in [-0.3, -0.25) is 9.59 Å². The van der Waals surface area contributed by atoms with Gasteiger partial charge in [0.2, 0.25) is 5.91 Å². The van der Waals surface area contributed by atoms with Crippen LogP contribution in [-0.2, 0) is 4.79 Å². The minimum absolute atomic E-state index is 0.367. The number of hydrogen-bond donors (Lipinski definition) is 1. The maximum atomic E-state index is 13.2. The van der Waals surface area contributed by atoms with Crippen LogP contribution in [0.2, 0.25) is 0 Å². The molecule has 23 heavy (non-hydrogen) atoms. The maximum absolute atomic E-state index is 13.2. The van der Waals surface area contributed by atoms with Crippen molar-refractivity contribution in [3.8, 4) is 6.07 Å². The minimum Gasteiger partial charge on any atom is -0.325 e. The highest BCUT2D eigenvalue weighted by Gasteiger charge is 2.28. The molecular formula is C17H12F2N2O2. The van der Waals surface area contributed by atoms with Crippen LogP contribution in [0.15, 0.2) is 42.5 Å². The second-order valence-corrected chi connectivity index (χ2v) is 4.94. The van der Waals surface area contributed by atoms with E-state index in [1.165, 1.54) is 0 Å². The summed E-state index contributed by atoms with van der Waals surface area (Å²) in [5.74, 6) is -5.42. The third-order valence-electron chi connectivity index (χ3n) is 3.09. The van der Waals surface area contributed by atoms with Crippen molar-refractivity contribution in [3.63, 3.8) is 0 Å². The van der Waals surface area contributed by atoms with E-state index in [0.717, 1.165) is 17.7 Å². The molecule has 0 aliphatic carbocycles. The lowest BCUT2D eigenvalue weighted by Gasteiger charge is -2.10. The number of ketones is 1. The van der Waals surface area contributed by atoms with E-state index in [2.05, 4.69) is 5.32 Å². The molecule has 2 aromatic rings. The minimum atomic E-state index is -1.70. The lowest BCUT2D eigenvalue weighted by Crippen LogP contribution is -2.28. The van der Waals surface area contributed by atoms with Crippen molar-refractivity contribution in [2.45, 2.75) is 6.92 Å². The van der Waals surface area contributed by atoms with Crippen LogP contribution < -0.4 is 5.32 Å². The molecule has 0 saturated heterocycles. The number of hydrogen-bond acceptors (Lipinski definition) is 3. The Labute approximate surface area is 131 Å². The summed E-state index contributed by atoms with van der Waals surface area (Å²) >= 11 is 0. The number of benzene rings is 2. The summed E-state index contributed by atoms with van der Waals surface area (Å²) < 4.78 is 26.3. The number of anilines is 1. The van der Waals surface area contributed by atoms with E-state index in [9.17, 15) is 18.4 Å². The monoisotopic (exact) mass is 314 g/mol. The van der Waals surface area contributed by atoms with Gasteiger partial charge in [0.05, 0.1) is 6.07 Å². The van der Waals surface area contributed by atoms with Crippen molar-refractivity contribution in [2.75, 3.05) is 5.32 Å². The number of rotatable bonds is 4. The van der Waals surface area contributed by atoms with Crippen LogP contribution in [0.5, 0.6) is 0 Å². The number of Topliss-reactive ketones (excluding diaryl/α,β-unsaturated/α-hetero) is 1. The molecule has 0 saturated carbocycles. The molecule has 116 valence electrons. The number of carbonyl (C=O) groups is 2. The van der Waals surface area contributed by atoms with E-state index < -0.39 is 29.2 Å². The second kappa shape index (κ2) is 6.79. The Morgan fingerprint density at radius 1 is 1.13 bits per heavy atom. The largest absolute Gasteiger partial charge is 0.325 e. The highest BCUT2D eigenvalue weighted by Crippen LogP contribution is 2.16. The number of amides is 1. The van der Waals surface area contributed by atoms with Crippen molar-refractivity contribution in [3.05, 3.63) is 65.2 Å². The first-order chi connectivity index (χ1) is 10.9. The smallest absolute Gasteiger partial charge is 0.249 e. The summed E-state index contributed by atoms with van der Waals surface area (Å²) in [6, 6.07) is 10.5. The quantitative estimate of drug-likeness (QED) is 0.696. The summed E-state index contributed by atoms with van der Waals surface area (Å²) in [5.41, 5.74) is 0.941. The van der Waals surface area contributed by atoms with Crippen LogP contribution in [0.1, 0.15) is 15.9 Å². The predicted octanol–water partition coefficient (Wildman–Crippen LogP) is 3.23. The van der Waals surface area contributed by atoms with Crippen molar-refractivity contribution in [2.24, 2.45) is 5.92 Å². The molecule has 0 aromatic heterocycles. The van der Waals surface area contributed by atoms with Gasteiger partial charge in [0, 0.05) is 17.3 Å². The molecule has 0 heterocycles. The molecule has 0 spiro atoms. The third kappa shape index (κ3) is 3.98. The Morgan fingerprint density at radius 2 is 1.78 bits per heavy atom. The Bertz CT molecular complexity index is 792. The van der Waals surface area contributed by atoms with Crippen LogP contribution >= 0.6 is 0 Å².